The first kappa shape index (κ1) is 21.3. The minimum atomic E-state index is -0.0502. The van der Waals surface area contributed by atoms with Crippen LogP contribution >= 0.6 is 0 Å². The molecule has 31 heavy (non-hydrogen) atoms. The lowest BCUT2D eigenvalue weighted by atomic mass is 9.74. The number of ether oxygens (including phenoxy) is 4. The highest BCUT2D eigenvalue weighted by Crippen LogP contribution is 2.40. The first-order valence-electron chi connectivity index (χ1n) is 10.9. The van der Waals surface area contributed by atoms with Crippen LogP contribution in [0.4, 0.5) is 0 Å². The topological polar surface area (TPSA) is 73.3 Å². The van der Waals surface area contributed by atoms with Crippen LogP contribution in [0.1, 0.15) is 30.9 Å². The summed E-state index contributed by atoms with van der Waals surface area (Å²) in [6.07, 6.45) is 1.88. The molecule has 4 rings (SSSR count). The molecule has 0 aliphatic carbocycles. The third kappa shape index (κ3) is 5.05. The van der Waals surface area contributed by atoms with Gasteiger partial charge in [0.1, 0.15) is 5.75 Å². The summed E-state index contributed by atoms with van der Waals surface area (Å²) in [7, 11) is 1.68. The van der Waals surface area contributed by atoms with Gasteiger partial charge in [0.05, 0.1) is 13.7 Å². The van der Waals surface area contributed by atoms with E-state index < -0.39 is 0 Å². The third-order valence-electron chi connectivity index (χ3n) is 5.93. The lowest BCUT2D eigenvalue weighted by Gasteiger charge is -2.38. The van der Waals surface area contributed by atoms with E-state index in [1.54, 1.807) is 7.11 Å². The average molecular weight is 426 g/mol. The minimum absolute atomic E-state index is 0.0502. The Labute approximate surface area is 183 Å². The van der Waals surface area contributed by atoms with E-state index in [4.69, 9.17) is 23.9 Å². The van der Waals surface area contributed by atoms with Crippen molar-refractivity contribution in [3.05, 3.63) is 53.6 Å². The van der Waals surface area contributed by atoms with Gasteiger partial charge in [-0.3, -0.25) is 0 Å². The quantitative estimate of drug-likeness (QED) is 0.524. The van der Waals surface area contributed by atoms with Gasteiger partial charge in [-0.25, -0.2) is 4.99 Å². The summed E-state index contributed by atoms with van der Waals surface area (Å²) in [5.74, 6) is 3.28. The van der Waals surface area contributed by atoms with Crippen molar-refractivity contribution in [3.8, 4) is 17.2 Å². The van der Waals surface area contributed by atoms with Gasteiger partial charge in [-0.05, 0) is 55.2 Å². The number of nitrogens with zero attached hydrogens (tertiary/aromatic N) is 1. The molecule has 2 aliphatic rings. The average Bonchev–Trinajstić information content (AvgIpc) is 3.30. The molecule has 0 bridgehead atoms. The molecule has 2 heterocycles. The van der Waals surface area contributed by atoms with E-state index in [-0.39, 0.29) is 12.2 Å². The van der Waals surface area contributed by atoms with Crippen LogP contribution < -0.4 is 24.8 Å². The SMILES string of the molecule is CCNC(=NCc1cccc(OC)c1)NCC1(c2ccc3c(c2)OCO3)CCOCC1. The van der Waals surface area contributed by atoms with Crippen LogP contribution in [0.25, 0.3) is 0 Å². The fourth-order valence-electron chi connectivity index (χ4n) is 4.09. The van der Waals surface area contributed by atoms with Crippen LogP contribution in [0.15, 0.2) is 47.5 Å². The smallest absolute Gasteiger partial charge is 0.231 e. The molecule has 2 N–H and O–H groups in total. The van der Waals surface area contributed by atoms with Crippen molar-refractivity contribution in [3.63, 3.8) is 0 Å². The van der Waals surface area contributed by atoms with E-state index in [9.17, 15) is 0 Å². The summed E-state index contributed by atoms with van der Waals surface area (Å²) in [6.45, 7) is 5.98. The predicted molar refractivity (Wildman–Crippen MR) is 120 cm³/mol. The molecule has 0 aromatic heterocycles. The molecule has 1 fully saturated rings. The van der Waals surface area contributed by atoms with Crippen molar-refractivity contribution in [2.75, 3.05) is 40.2 Å². The zero-order valence-electron chi connectivity index (χ0n) is 18.3. The number of aliphatic imine (C=N–C) groups is 1. The Kier molecular flexibility index (Phi) is 6.82. The molecular formula is C24H31N3O4. The van der Waals surface area contributed by atoms with Gasteiger partial charge in [-0.15, -0.1) is 0 Å². The summed E-state index contributed by atoms with van der Waals surface area (Å²) in [6, 6.07) is 14.3. The van der Waals surface area contributed by atoms with Crippen molar-refractivity contribution < 1.29 is 18.9 Å². The summed E-state index contributed by atoms with van der Waals surface area (Å²) in [4.78, 5) is 4.79. The zero-order chi connectivity index (χ0) is 21.5. The maximum atomic E-state index is 5.68. The normalized spacial score (nSPS) is 17.3. The predicted octanol–water partition coefficient (Wildman–Crippen LogP) is 3.23. The van der Waals surface area contributed by atoms with Gasteiger partial charge in [0.15, 0.2) is 17.5 Å². The largest absolute Gasteiger partial charge is 0.497 e. The fraction of sp³-hybridized carbons (Fsp3) is 0.458. The van der Waals surface area contributed by atoms with E-state index in [0.717, 1.165) is 67.9 Å². The highest BCUT2D eigenvalue weighted by atomic mass is 16.7. The van der Waals surface area contributed by atoms with Crippen molar-refractivity contribution in [1.29, 1.82) is 0 Å². The highest BCUT2D eigenvalue weighted by molar-refractivity contribution is 5.79. The number of nitrogens with one attached hydrogen (secondary N) is 2. The van der Waals surface area contributed by atoms with Crippen LogP contribution in [0, 0.1) is 0 Å². The van der Waals surface area contributed by atoms with Crippen LogP contribution in [0.5, 0.6) is 17.2 Å². The molecule has 0 radical (unpaired) electrons. The summed E-state index contributed by atoms with van der Waals surface area (Å²) < 4.78 is 22.1. The van der Waals surface area contributed by atoms with Gasteiger partial charge >= 0.3 is 0 Å². The maximum Gasteiger partial charge on any atom is 0.231 e. The minimum Gasteiger partial charge on any atom is -0.497 e. The standard InChI is InChI=1S/C24H31N3O4/c1-3-25-23(26-15-18-5-4-6-20(13-18)28-2)27-16-24(9-11-29-12-10-24)19-7-8-21-22(14-19)31-17-30-21/h4-8,13-14H,3,9-12,15-17H2,1-2H3,(H2,25,26,27). The number of hydrogen-bond donors (Lipinski definition) is 2. The molecule has 0 amide bonds. The molecule has 2 aromatic rings. The second kappa shape index (κ2) is 9.92. The van der Waals surface area contributed by atoms with Crippen molar-refractivity contribution in [2.24, 2.45) is 4.99 Å². The Bertz CT molecular complexity index is 909. The zero-order valence-corrected chi connectivity index (χ0v) is 18.3. The molecule has 0 unspecified atom stereocenters. The Balaban J connectivity index is 1.50. The lowest BCUT2D eigenvalue weighted by molar-refractivity contribution is 0.0513. The number of hydrogen-bond acceptors (Lipinski definition) is 5. The van der Waals surface area contributed by atoms with Gasteiger partial charge < -0.3 is 29.6 Å². The lowest BCUT2D eigenvalue weighted by Crippen LogP contribution is -2.48. The molecule has 1 saturated heterocycles. The van der Waals surface area contributed by atoms with Gasteiger partial charge in [-0.2, -0.15) is 0 Å². The summed E-state index contributed by atoms with van der Waals surface area (Å²) >= 11 is 0. The Morgan fingerprint density at radius 3 is 2.71 bits per heavy atom. The van der Waals surface area contributed by atoms with E-state index in [0.29, 0.717) is 6.54 Å². The number of methoxy groups -OCH3 is 1. The summed E-state index contributed by atoms with van der Waals surface area (Å²) in [5.41, 5.74) is 2.30. The Morgan fingerprint density at radius 1 is 1.06 bits per heavy atom. The summed E-state index contributed by atoms with van der Waals surface area (Å²) in [5, 5.41) is 6.94. The first-order chi connectivity index (χ1) is 15.2. The molecular weight excluding hydrogens is 394 g/mol. The first-order valence-corrected chi connectivity index (χ1v) is 10.9. The second-order valence-electron chi connectivity index (χ2n) is 7.86. The molecule has 166 valence electrons. The van der Waals surface area contributed by atoms with E-state index in [1.807, 2.05) is 24.3 Å². The van der Waals surface area contributed by atoms with E-state index in [1.165, 1.54) is 5.56 Å². The molecule has 0 saturated carbocycles. The second-order valence-corrected chi connectivity index (χ2v) is 7.86. The van der Waals surface area contributed by atoms with Gasteiger partial charge in [0.2, 0.25) is 6.79 Å². The number of guanidine groups is 1. The molecule has 7 heteroatoms. The van der Waals surface area contributed by atoms with Crippen LogP contribution in [0.2, 0.25) is 0 Å². The Hall–Kier alpha value is -2.93. The Morgan fingerprint density at radius 2 is 1.90 bits per heavy atom. The molecule has 7 nitrogen and oxygen atoms in total. The molecule has 2 aliphatic heterocycles. The molecule has 0 atom stereocenters. The maximum absolute atomic E-state index is 5.68. The van der Waals surface area contributed by atoms with Crippen LogP contribution in [0.3, 0.4) is 0 Å². The fourth-order valence-corrected chi connectivity index (χ4v) is 4.09. The number of rotatable bonds is 7. The van der Waals surface area contributed by atoms with E-state index in [2.05, 4.69) is 35.8 Å². The van der Waals surface area contributed by atoms with Crippen molar-refractivity contribution in [1.82, 2.24) is 10.6 Å². The number of fused-ring (bicyclic) bond motifs is 1. The van der Waals surface area contributed by atoms with Gasteiger partial charge in [0, 0.05) is 31.7 Å². The third-order valence-corrected chi connectivity index (χ3v) is 5.93. The van der Waals surface area contributed by atoms with E-state index >= 15 is 0 Å². The number of benzene rings is 2. The van der Waals surface area contributed by atoms with Gasteiger partial charge in [0.25, 0.3) is 0 Å². The monoisotopic (exact) mass is 425 g/mol. The molecule has 0 spiro atoms. The van der Waals surface area contributed by atoms with Crippen LogP contribution in [-0.4, -0.2) is 46.2 Å². The van der Waals surface area contributed by atoms with Crippen molar-refractivity contribution >= 4 is 5.96 Å². The van der Waals surface area contributed by atoms with Gasteiger partial charge in [-0.1, -0.05) is 18.2 Å². The van der Waals surface area contributed by atoms with Crippen molar-refractivity contribution in [2.45, 2.75) is 31.7 Å². The molecule has 2 aromatic carbocycles. The van der Waals surface area contributed by atoms with Crippen LogP contribution in [-0.2, 0) is 16.7 Å². The highest BCUT2D eigenvalue weighted by Gasteiger charge is 2.35.